The monoisotopic (exact) mass is 774 g/mol. The van der Waals surface area contributed by atoms with Gasteiger partial charge in [0.15, 0.2) is 0 Å². The van der Waals surface area contributed by atoms with Crippen LogP contribution in [0.25, 0.3) is 22.0 Å². The molecule has 0 unspecified atom stereocenters. The maximum absolute atomic E-state index is 14.1. The van der Waals surface area contributed by atoms with Gasteiger partial charge in [-0.25, -0.2) is 13.4 Å². The molecule has 0 bridgehead atoms. The molecule has 0 spiro atoms. The Balaban J connectivity index is 1.31. The summed E-state index contributed by atoms with van der Waals surface area (Å²) in [5, 5.41) is 14.2. The molecule has 3 N–H and O–H groups in total. The number of methoxy groups -OCH3 is 1. The van der Waals surface area contributed by atoms with Crippen LogP contribution in [-0.2, 0) is 24.4 Å². The molecule has 3 amide bonds. The van der Waals surface area contributed by atoms with Gasteiger partial charge in [0, 0.05) is 23.3 Å². The van der Waals surface area contributed by atoms with E-state index in [1.807, 2.05) is 0 Å². The number of amides is 3. The highest BCUT2D eigenvalue weighted by Gasteiger charge is 2.62. The second-order valence-corrected chi connectivity index (χ2v) is 16.9. The molecule has 0 radical (unpaired) electrons. The molecule has 5 atom stereocenters. The first-order valence-corrected chi connectivity index (χ1v) is 18.8. The number of pyridine rings is 1. The number of hydrogen-bond acceptors (Lipinski definition) is 10. The number of carbonyl (C=O) groups excluding carboxylic acids is 3. The van der Waals surface area contributed by atoms with Crippen LogP contribution in [0.15, 0.2) is 61.2 Å². The van der Waals surface area contributed by atoms with Crippen molar-refractivity contribution < 1.29 is 55.3 Å². The average Bonchev–Trinajstić information content (AvgIpc) is 4.03. The van der Waals surface area contributed by atoms with Crippen LogP contribution >= 0.6 is 0 Å². The molecule has 1 aliphatic heterocycles. The van der Waals surface area contributed by atoms with Crippen LogP contribution in [0.4, 0.5) is 13.2 Å². The highest BCUT2D eigenvalue weighted by atomic mass is 32.2. The summed E-state index contributed by atoms with van der Waals surface area (Å²) in [7, 11) is -2.45. The van der Waals surface area contributed by atoms with E-state index >= 15 is 0 Å². The maximum atomic E-state index is 14.1. The number of carbonyl (C=O) groups is 3. The summed E-state index contributed by atoms with van der Waals surface area (Å²) in [5.41, 5.74) is -1.76. The fourth-order valence-corrected chi connectivity index (χ4v) is 7.84. The fraction of sp³-hybridized carbons (Fsp3) is 0.459. The van der Waals surface area contributed by atoms with Crippen LogP contribution in [0.2, 0.25) is 0 Å². The van der Waals surface area contributed by atoms with Crippen molar-refractivity contribution in [1.29, 1.82) is 0 Å². The minimum atomic E-state index is -4.87. The zero-order chi connectivity index (χ0) is 39.4. The number of nitrogens with one attached hydrogen (secondary N) is 2. The van der Waals surface area contributed by atoms with Crippen molar-refractivity contribution in [2.75, 3.05) is 13.7 Å². The zero-order valence-electron chi connectivity index (χ0n) is 30.0. The van der Waals surface area contributed by atoms with Crippen LogP contribution in [0.3, 0.4) is 0 Å². The van der Waals surface area contributed by atoms with E-state index in [4.69, 9.17) is 9.47 Å². The van der Waals surface area contributed by atoms with Crippen molar-refractivity contribution >= 4 is 38.5 Å². The van der Waals surface area contributed by atoms with Crippen LogP contribution in [-0.4, -0.2) is 90.2 Å². The topological polar surface area (TPSA) is 173 Å². The number of rotatable bonds is 12. The Morgan fingerprint density at radius 1 is 1.07 bits per heavy atom. The molecule has 54 heavy (non-hydrogen) atoms. The van der Waals surface area contributed by atoms with E-state index in [1.165, 1.54) is 30.2 Å². The Morgan fingerprint density at radius 3 is 2.31 bits per heavy atom. The third-order valence-electron chi connectivity index (χ3n) is 9.82. The van der Waals surface area contributed by atoms with Crippen molar-refractivity contribution in [3.63, 3.8) is 0 Å². The predicted octanol–water partition coefficient (Wildman–Crippen LogP) is 4.23. The molecule has 1 aromatic heterocycles. The summed E-state index contributed by atoms with van der Waals surface area (Å²) < 4.78 is 81.5. The quantitative estimate of drug-likeness (QED) is 0.226. The molecule has 3 fully saturated rings. The van der Waals surface area contributed by atoms with Crippen LogP contribution < -0.4 is 24.2 Å². The van der Waals surface area contributed by atoms with Gasteiger partial charge in [0.1, 0.15) is 35.3 Å². The predicted molar refractivity (Wildman–Crippen MR) is 190 cm³/mol. The van der Waals surface area contributed by atoms with E-state index in [0.717, 1.165) is 12.1 Å². The third kappa shape index (κ3) is 8.11. The number of halogens is 3. The second kappa shape index (κ2) is 14.1. The molecule has 1 saturated heterocycles. The van der Waals surface area contributed by atoms with Gasteiger partial charge in [-0.1, -0.05) is 26.8 Å². The van der Waals surface area contributed by atoms with E-state index in [2.05, 4.69) is 26.3 Å². The molecule has 3 aliphatic rings. The summed E-state index contributed by atoms with van der Waals surface area (Å²) in [6.07, 6.45) is -4.97. The molecular weight excluding hydrogens is 733 g/mol. The number of ether oxygens (including phenoxy) is 3. The van der Waals surface area contributed by atoms with Gasteiger partial charge in [0.2, 0.25) is 21.8 Å². The summed E-state index contributed by atoms with van der Waals surface area (Å²) >= 11 is 0. The van der Waals surface area contributed by atoms with E-state index < -0.39 is 80.2 Å². The minimum Gasteiger partial charge on any atom is -0.497 e. The lowest BCUT2D eigenvalue weighted by molar-refractivity contribution is -0.274. The van der Waals surface area contributed by atoms with Gasteiger partial charge in [-0.15, -0.1) is 19.8 Å². The number of aromatic nitrogens is 1. The fourth-order valence-electron chi connectivity index (χ4n) is 6.48. The van der Waals surface area contributed by atoms with Crippen molar-refractivity contribution in [1.82, 2.24) is 19.9 Å². The van der Waals surface area contributed by atoms with Crippen LogP contribution in [0, 0.1) is 11.3 Å². The molecular formula is C37H41F3N4O9S. The van der Waals surface area contributed by atoms with Gasteiger partial charge >= 0.3 is 6.36 Å². The second-order valence-electron chi connectivity index (χ2n) is 14.9. The first kappa shape index (κ1) is 38.8. The Hall–Kier alpha value is -4.90. The van der Waals surface area contributed by atoms with E-state index in [-0.39, 0.29) is 25.3 Å². The van der Waals surface area contributed by atoms with Gasteiger partial charge in [-0.2, -0.15) is 0 Å². The van der Waals surface area contributed by atoms with Crippen molar-refractivity contribution in [2.45, 2.75) is 81.9 Å². The largest absolute Gasteiger partial charge is 0.573 e. The highest BCUT2D eigenvalue weighted by Crippen LogP contribution is 2.46. The molecule has 2 heterocycles. The van der Waals surface area contributed by atoms with Gasteiger partial charge in [0.25, 0.3) is 11.8 Å². The Labute approximate surface area is 309 Å². The molecule has 13 nitrogen and oxygen atoms in total. The molecule has 2 saturated carbocycles. The lowest BCUT2D eigenvalue weighted by atomic mass is 9.88. The first-order valence-electron chi connectivity index (χ1n) is 17.3. The van der Waals surface area contributed by atoms with Gasteiger partial charge in [-0.3, -0.25) is 19.1 Å². The SMILES string of the molecule is C=C[C@@H]1C[C@]1(NC(=O)[C@@H]1C[C@@H](Oc2nc(-c3ccc(OC(F)(F)F)cc3)cc3cc(OC)ccc23)CN1C(=O)[C@@H](O)C(C)(C)C)C(=O)NS(=O)(=O)C1CC1. The lowest BCUT2D eigenvalue weighted by Crippen LogP contribution is -2.57. The average molecular weight is 775 g/mol. The highest BCUT2D eigenvalue weighted by molar-refractivity contribution is 7.91. The van der Waals surface area contributed by atoms with Crippen molar-refractivity contribution in [2.24, 2.45) is 11.3 Å². The number of benzene rings is 2. The molecule has 290 valence electrons. The molecule has 2 aliphatic carbocycles. The zero-order valence-corrected chi connectivity index (χ0v) is 30.8. The number of sulfonamides is 1. The number of nitrogens with zero attached hydrogens (tertiary/aromatic N) is 2. The van der Waals surface area contributed by atoms with Crippen LogP contribution in [0.5, 0.6) is 17.4 Å². The van der Waals surface area contributed by atoms with Crippen molar-refractivity contribution in [3.8, 4) is 28.6 Å². The number of aliphatic hydroxyl groups excluding tert-OH is 1. The number of alkyl halides is 3. The lowest BCUT2D eigenvalue weighted by Gasteiger charge is -2.32. The standard InChI is InChI=1S/C37H41F3N4O9S/c1-6-22-18-36(22,34(48)43-54(49,50)26-12-13-26)42-31(46)29-17-25(19-44(29)33(47)30(45)35(2,3)4)52-32-27-14-11-24(51-5)15-21(27)16-28(41-32)20-7-9-23(10-8-20)53-37(38,39)40/h6-11,14-16,22,25-26,29-30,45H,1,12-13,17-19H2,2-5H3,(H,42,46)(H,43,48)/t22-,25-,29+,30-,36-/m1/s1. The Kier molecular flexibility index (Phi) is 10.1. The van der Waals surface area contributed by atoms with Gasteiger partial charge in [-0.05, 0) is 78.6 Å². The summed E-state index contributed by atoms with van der Waals surface area (Å²) in [5.74, 6) is -2.80. The van der Waals surface area contributed by atoms with E-state index in [9.17, 15) is 41.1 Å². The number of fused-ring (bicyclic) bond motifs is 1. The van der Waals surface area contributed by atoms with Crippen LogP contribution in [0.1, 0.15) is 46.5 Å². The smallest absolute Gasteiger partial charge is 0.497 e. The van der Waals surface area contributed by atoms with Crippen molar-refractivity contribution in [3.05, 3.63) is 61.2 Å². The number of hydrogen-bond donors (Lipinski definition) is 3. The molecule has 6 rings (SSSR count). The Morgan fingerprint density at radius 2 is 1.74 bits per heavy atom. The number of aliphatic hydroxyl groups is 1. The molecule has 2 aromatic carbocycles. The third-order valence-corrected chi connectivity index (χ3v) is 11.6. The number of likely N-dealkylation sites (tertiary alicyclic amines) is 1. The molecule has 17 heteroatoms. The van der Waals surface area contributed by atoms with E-state index in [1.54, 1.807) is 45.0 Å². The normalized spacial score (nSPS) is 23.3. The summed E-state index contributed by atoms with van der Waals surface area (Å²) in [4.78, 5) is 47.1. The Bertz CT molecular complexity index is 2080. The minimum absolute atomic E-state index is 0.0886. The summed E-state index contributed by atoms with van der Waals surface area (Å²) in [6.45, 7) is 8.52. The maximum Gasteiger partial charge on any atom is 0.573 e. The van der Waals surface area contributed by atoms with Gasteiger partial charge < -0.3 is 29.5 Å². The van der Waals surface area contributed by atoms with Gasteiger partial charge in [0.05, 0.1) is 24.6 Å². The summed E-state index contributed by atoms with van der Waals surface area (Å²) in [6, 6.07) is 10.7. The molecule has 3 aromatic rings. The van der Waals surface area contributed by atoms with E-state index in [0.29, 0.717) is 40.6 Å². The first-order chi connectivity index (χ1) is 25.2.